The van der Waals surface area contributed by atoms with Gasteiger partial charge in [-0.05, 0) is 43.2 Å². The highest BCUT2D eigenvalue weighted by atomic mass is 16.5. The number of aryl methyl sites for hydroxylation is 2. The molecule has 0 aliphatic carbocycles. The Morgan fingerprint density at radius 3 is 2.84 bits per heavy atom. The molecule has 25 heavy (non-hydrogen) atoms. The third kappa shape index (κ3) is 4.44. The highest BCUT2D eigenvalue weighted by molar-refractivity contribution is 5.77. The van der Waals surface area contributed by atoms with Crippen molar-refractivity contribution in [2.24, 2.45) is 0 Å². The number of rotatable bonds is 6. The van der Waals surface area contributed by atoms with E-state index in [0.29, 0.717) is 6.54 Å². The molecule has 1 aromatic carbocycles. The Morgan fingerprint density at radius 2 is 2.08 bits per heavy atom. The van der Waals surface area contributed by atoms with Crippen LogP contribution < -0.4 is 10.1 Å². The number of amides is 1. The number of pyridine rings is 1. The Labute approximate surface area is 146 Å². The van der Waals surface area contributed by atoms with Crippen molar-refractivity contribution in [2.45, 2.75) is 20.4 Å². The monoisotopic (exact) mass is 336 g/mol. The van der Waals surface area contributed by atoms with Gasteiger partial charge in [0.1, 0.15) is 17.9 Å². The molecule has 0 fully saturated rings. The molecular weight excluding hydrogens is 316 g/mol. The quantitative estimate of drug-likeness (QED) is 0.751. The van der Waals surface area contributed by atoms with Gasteiger partial charge < -0.3 is 10.1 Å². The summed E-state index contributed by atoms with van der Waals surface area (Å²) in [4.78, 5) is 20.3. The average molecular weight is 336 g/mol. The molecule has 0 unspecified atom stereocenters. The van der Waals surface area contributed by atoms with E-state index in [4.69, 9.17) is 4.74 Å². The van der Waals surface area contributed by atoms with E-state index < -0.39 is 0 Å². The maximum atomic E-state index is 12.0. The van der Waals surface area contributed by atoms with Crippen molar-refractivity contribution >= 4 is 5.91 Å². The van der Waals surface area contributed by atoms with Crippen molar-refractivity contribution in [1.82, 2.24) is 19.9 Å². The van der Waals surface area contributed by atoms with Gasteiger partial charge in [0.25, 0.3) is 5.91 Å². The van der Waals surface area contributed by atoms with Crippen LogP contribution in [-0.2, 0) is 11.3 Å². The zero-order chi connectivity index (χ0) is 17.6. The van der Waals surface area contributed by atoms with E-state index in [1.54, 1.807) is 18.7 Å². The zero-order valence-corrected chi connectivity index (χ0v) is 14.3. The fourth-order valence-corrected chi connectivity index (χ4v) is 2.46. The molecule has 0 aliphatic rings. The Hall–Kier alpha value is -3.15. The van der Waals surface area contributed by atoms with Gasteiger partial charge in [-0.2, -0.15) is 0 Å². The van der Waals surface area contributed by atoms with Gasteiger partial charge in [0.15, 0.2) is 6.61 Å². The number of imidazole rings is 1. The van der Waals surface area contributed by atoms with Crippen LogP contribution in [0.15, 0.2) is 55.2 Å². The van der Waals surface area contributed by atoms with Crippen LogP contribution in [-0.4, -0.2) is 27.0 Å². The first-order chi connectivity index (χ1) is 12.1. The number of hydrogen-bond donors (Lipinski definition) is 1. The molecule has 3 rings (SSSR count). The van der Waals surface area contributed by atoms with Crippen molar-refractivity contribution in [3.63, 3.8) is 0 Å². The number of nitrogens with zero attached hydrogens (tertiary/aromatic N) is 3. The third-order valence-corrected chi connectivity index (χ3v) is 3.76. The smallest absolute Gasteiger partial charge is 0.258 e. The fraction of sp³-hybridized carbons (Fsp3) is 0.211. The molecule has 6 nitrogen and oxygen atoms in total. The first-order valence-electron chi connectivity index (χ1n) is 8.02. The molecule has 2 heterocycles. The fourth-order valence-electron chi connectivity index (χ4n) is 2.46. The Kier molecular flexibility index (Phi) is 5.09. The molecular formula is C19H20N4O2. The van der Waals surface area contributed by atoms with Crippen molar-refractivity contribution in [1.29, 1.82) is 0 Å². The highest BCUT2D eigenvalue weighted by Gasteiger charge is 2.06. The molecule has 0 atom stereocenters. The predicted molar refractivity (Wildman–Crippen MR) is 94.6 cm³/mol. The lowest BCUT2D eigenvalue weighted by Gasteiger charge is -2.10. The second kappa shape index (κ2) is 7.61. The summed E-state index contributed by atoms with van der Waals surface area (Å²) in [5, 5.41) is 2.86. The summed E-state index contributed by atoms with van der Waals surface area (Å²) >= 11 is 0. The molecule has 128 valence electrons. The van der Waals surface area contributed by atoms with E-state index in [9.17, 15) is 4.79 Å². The van der Waals surface area contributed by atoms with Crippen molar-refractivity contribution < 1.29 is 9.53 Å². The molecule has 2 aromatic heterocycles. The van der Waals surface area contributed by atoms with E-state index in [0.717, 1.165) is 22.7 Å². The van der Waals surface area contributed by atoms with Crippen LogP contribution in [0, 0.1) is 13.8 Å². The second-order valence-corrected chi connectivity index (χ2v) is 5.83. The topological polar surface area (TPSA) is 69.0 Å². The summed E-state index contributed by atoms with van der Waals surface area (Å²) < 4.78 is 7.40. The van der Waals surface area contributed by atoms with Gasteiger partial charge in [0, 0.05) is 25.1 Å². The summed E-state index contributed by atoms with van der Waals surface area (Å²) in [5.74, 6) is 1.32. The van der Waals surface area contributed by atoms with Crippen molar-refractivity contribution in [2.75, 3.05) is 6.61 Å². The lowest BCUT2D eigenvalue weighted by atomic mass is 10.1. The van der Waals surface area contributed by atoms with Gasteiger partial charge in [0.2, 0.25) is 0 Å². The molecule has 0 spiro atoms. The van der Waals surface area contributed by atoms with Gasteiger partial charge in [0.05, 0.1) is 0 Å². The standard InChI is InChI=1S/C19H20N4O2/c1-14-3-4-17(15(2)9-14)25-12-19(24)22-11-16-5-6-21-18(10-16)23-8-7-20-13-23/h3-10,13H,11-12H2,1-2H3,(H,22,24). The Bertz CT molecular complexity index is 860. The van der Waals surface area contributed by atoms with Crippen LogP contribution >= 0.6 is 0 Å². The Morgan fingerprint density at radius 1 is 1.20 bits per heavy atom. The minimum absolute atomic E-state index is 0.0106. The van der Waals surface area contributed by atoms with Crippen LogP contribution in [0.3, 0.4) is 0 Å². The molecule has 0 bridgehead atoms. The molecule has 0 aliphatic heterocycles. The van der Waals surface area contributed by atoms with Crippen LogP contribution in [0.4, 0.5) is 0 Å². The minimum atomic E-state index is -0.166. The summed E-state index contributed by atoms with van der Waals surface area (Å²) in [6.45, 7) is 4.40. The van der Waals surface area contributed by atoms with Crippen LogP contribution in [0.2, 0.25) is 0 Å². The van der Waals surface area contributed by atoms with Gasteiger partial charge >= 0.3 is 0 Å². The van der Waals surface area contributed by atoms with Gasteiger partial charge in [-0.1, -0.05) is 17.7 Å². The van der Waals surface area contributed by atoms with E-state index in [1.165, 1.54) is 5.56 Å². The number of carbonyl (C=O) groups is 1. The first kappa shape index (κ1) is 16.7. The van der Waals surface area contributed by atoms with Crippen LogP contribution in [0.25, 0.3) is 5.82 Å². The van der Waals surface area contributed by atoms with E-state index in [2.05, 4.69) is 15.3 Å². The zero-order valence-electron chi connectivity index (χ0n) is 14.3. The summed E-state index contributed by atoms with van der Waals surface area (Å²) in [6.07, 6.45) is 6.91. The first-order valence-corrected chi connectivity index (χ1v) is 8.02. The SMILES string of the molecule is Cc1ccc(OCC(=O)NCc2ccnc(-n3ccnc3)c2)c(C)c1. The average Bonchev–Trinajstić information content (AvgIpc) is 3.14. The number of benzene rings is 1. The van der Waals surface area contributed by atoms with E-state index >= 15 is 0 Å². The van der Waals surface area contributed by atoms with Crippen LogP contribution in [0.1, 0.15) is 16.7 Å². The molecule has 3 aromatic rings. The normalized spacial score (nSPS) is 10.5. The molecule has 6 heteroatoms. The maximum Gasteiger partial charge on any atom is 0.258 e. The summed E-state index contributed by atoms with van der Waals surface area (Å²) in [6, 6.07) is 9.66. The number of carbonyl (C=O) groups excluding carboxylic acids is 1. The molecule has 0 saturated carbocycles. The van der Waals surface area contributed by atoms with Crippen molar-refractivity contribution in [3.8, 4) is 11.6 Å². The van der Waals surface area contributed by atoms with E-state index in [1.807, 2.05) is 54.9 Å². The molecule has 1 amide bonds. The van der Waals surface area contributed by atoms with Gasteiger partial charge in [-0.25, -0.2) is 9.97 Å². The number of ether oxygens (including phenoxy) is 1. The molecule has 1 N–H and O–H groups in total. The number of nitrogens with one attached hydrogen (secondary N) is 1. The molecule has 0 radical (unpaired) electrons. The number of aromatic nitrogens is 3. The van der Waals surface area contributed by atoms with Crippen LogP contribution in [0.5, 0.6) is 5.75 Å². The second-order valence-electron chi connectivity index (χ2n) is 5.83. The summed E-state index contributed by atoms with van der Waals surface area (Å²) in [7, 11) is 0. The van der Waals surface area contributed by atoms with Crippen molar-refractivity contribution in [3.05, 3.63) is 71.9 Å². The number of hydrogen-bond acceptors (Lipinski definition) is 4. The van der Waals surface area contributed by atoms with Gasteiger partial charge in [-0.3, -0.25) is 9.36 Å². The predicted octanol–water partition coefficient (Wildman–Crippen LogP) is 2.58. The minimum Gasteiger partial charge on any atom is -0.484 e. The highest BCUT2D eigenvalue weighted by Crippen LogP contribution is 2.18. The maximum absolute atomic E-state index is 12.0. The summed E-state index contributed by atoms with van der Waals surface area (Å²) in [5.41, 5.74) is 3.14. The van der Waals surface area contributed by atoms with E-state index in [-0.39, 0.29) is 12.5 Å². The molecule has 0 saturated heterocycles. The van der Waals surface area contributed by atoms with Gasteiger partial charge in [-0.15, -0.1) is 0 Å². The Balaban J connectivity index is 1.53. The lowest BCUT2D eigenvalue weighted by molar-refractivity contribution is -0.123. The lowest BCUT2D eigenvalue weighted by Crippen LogP contribution is -2.28. The largest absolute Gasteiger partial charge is 0.484 e. The third-order valence-electron chi connectivity index (χ3n) is 3.76.